The lowest BCUT2D eigenvalue weighted by Gasteiger charge is -2.15. The summed E-state index contributed by atoms with van der Waals surface area (Å²) in [5, 5.41) is 38.0. The van der Waals surface area contributed by atoms with Crippen molar-refractivity contribution >= 4 is 16.7 Å². The van der Waals surface area contributed by atoms with Crippen molar-refractivity contribution < 1.29 is 24.6 Å². The summed E-state index contributed by atoms with van der Waals surface area (Å²) in [5.74, 6) is 0.932. The minimum absolute atomic E-state index is 0.0957. The zero-order valence-corrected chi connectivity index (χ0v) is 14.6. The number of azo groups is 1. The zero-order valence-electron chi connectivity index (χ0n) is 14.6. The normalized spacial score (nSPS) is 27.9. The van der Waals surface area contributed by atoms with Gasteiger partial charge in [0.15, 0.2) is 0 Å². The first-order chi connectivity index (χ1) is 13.0. The number of ether oxygens (including phenoxy) is 1. The van der Waals surface area contributed by atoms with E-state index in [2.05, 4.69) is 15.2 Å². The van der Waals surface area contributed by atoms with Crippen molar-refractivity contribution in [3.05, 3.63) is 40.4 Å². The van der Waals surface area contributed by atoms with Gasteiger partial charge >= 0.3 is 5.84 Å². The van der Waals surface area contributed by atoms with E-state index in [0.717, 1.165) is 0 Å². The number of aromatic nitrogens is 2. The molecular weight excluding hydrogens is 354 g/mol. The maximum absolute atomic E-state index is 12.8. The third-order valence-electron chi connectivity index (χ3n) is 4.91. The monoisotopic (exact) mass is 374 g/mol. The van der Waals surface area contributed by atoms with E-state index in [9.17, 15) is 20.1 Å². The number of fused-ring (bicyclic) bond motifs is 1. The smallest absolute Gasteiger partial charge is 0.345 e. The number of nitrogens with zero attached hydrogens (tertiary/aromatic N) is 5. The topological polar surface area (TPSA) is 133 Å². The number of rotatable bonds is 4. The maximum atomic E-state index is 12.8. The number of aryl methyl sites for hydroxylation is 1. The van der Waals surface area contributed by atoms with E-state index in [1.165, 1.54) is 4.57 Å². The van der Waals surface area contributed by atoms with Gasteiger partial charge in [0.2, 0.25) is 12.9 Å². The maximum Gasteiger partial charge on any atom is 0.345 e. The van der Waals surface area contributed by atoms with Gasteiger partial charge in [-0.3, -0.25) is 9.36 Å². The van der Waals surface area contributed by atoms with Crippen LogP contribution in [0.2, 0.25) is 0 Å². The Morgan fingerprint density at radius 2 is 2.07 bits per heavy atom. The van der Waals surface area contributed by atoms with Crippen molar-refractivity contribution in [1.29, 1.82) is 0 Å². The predicted octanol–water partition coefficient (Wildman–Crippen LogP) is -1.02. The third kappa shape index (κ3) is 2.96. The van der Waals surface area contributed by atoms with Gasteiger partial charge in [0, 0.05) is 0 Å². The van der Waals surface area contributed by atoms with Crippen molar-refractivity contribution in [2.75, 3.05) is 13.3 Å². The largest absolute Gasteiger partial charge is 0.394 e. The molecule has 1 aromatic heterocycles. The molecular formula is C17H20N5O5+. The molecule has 2 aliphatic heterocycles. The van der Waals surface area contributed by atoms with Crippen LogP contribution < -0.4 is 5.56 Å². The number of benzene rings is 1. The second-order valence-electron chi connectivity index (χ2n) is 6.57. The average molecular weight is 374 g/mol. The SMILES string of the molecule is Cc1nc2ccccc2c(=O)n1CC1=[N+](C2O[C@H](CO)[C@@H](O)[C@H]2O)CN=N1. The van der Waals surface area contributed by atoms with Gasteiger partial charge in [-0.25, -0.2) is 9.56 Å². The Hall–Kier alpha value is -2.53. The van der Waals surface area contributed by atoms with Crippen molar-refractivity contribution in [2.24, 2.45) is 10.2 Å². The van der Waals surface area contributed by atoms with Crippen LogP contribution in [-0.2, 0) is 11.3 Å². The quantitative estimate of drug-likeness (QED) is 0.587. The first-order valence-electron chi connectivity index (χ1n) is 8.60. The van der Waals surface area contributed by atoms with E-state index in [1.54, 1.807) is 29.7 Å². The third-order valence-corrected chi connectivity index (χ3v) is 4.91. The van der Waals surface area contributed by atoms with Gasteiger partial charge in [0.05, 0.1) is 22.6 Å². The van der Waals surface area contributed by atoms with Crippen LogP contribution in [0.5, 0.6) is 0 Å². The summed E-state index contributed by atoms with van der Waals surface area (Å²) < 4.78 is 8.61. The van der Waals surface area contributed by atoms with Crippen molar-refractivity contribution in [3.8, 4) is 0 Å². The number of hydrogen-bond donors (Lipinski definition) is 3. The molecule has 0 amide bonds. The highest BCUT2D eigenvalue weighted by molar-refractivity contribution is 5.80. The Balaban J connectivity index is 1.71. The summed E-state index contributed by atoms with van der Waals surface area (Å²) in [6.07, 6.45) is -4.24. The number of aliphatic hydroxyl groups is 3. The van der Waals surface area contributed by atoms with Crippen molar-refractivity contribution in [2.45, 2.75) is 38.0 Å². The number of para-hydroxylation sites is 1. The Morgan fingerprint density at radius 3 is 2.81 bits per heavy atom. The van der Waals surface area contributed by atoms with E-state index in [4.69, 9.17) is 4.74 Å². The molecule has 4 atom stereocenters. The fraction of sp³-hybridized carbons (Fsp3) is 0.471. The van der Waals surface area contributed by atoms with E-state index in [-0.39, 0.29) is 18.8 Å². The fourth-order valence-corrected chi connectivity index (χ4v) is 3.41. The summed E-state index contributed by atoms with van der Waals surface area (Å²) in [7, 11) is 0. The van der Waals surface area contributed by atoms with Gasteiger partial charge in [0.25, 0.3) is 5.56 Å². The minimum atomic E-state index is -1.23. The summed E-state index contributed by atoms with van der Waals surface area (Å²) >= 11 is 0. The van der Waals surface area contributed by atoms with E-state index < -0.39 is 31.1 Å². The molecule has 142 valence electrons. The van der Waals surface area contributed by atoms with Crippen LogP contribution in [-0.4, -0.2) is 73.1 Å². The minimum Gasteiger partial charge on any atom is -0.394 e. The molecule has 10 nitrogen and oxygen atoms in total. The molecule has 1 saturated heterocycles. The molecule has 3 N–H and O–H groups in total. The molecule has 2 aromatic rings. The Kier molecular flexibility index (Phi) is 4.56. The number of hydrogen-bond acceptors (Lipinski definition) is 8. The van der Waals surface area contributed by atoms with Gasteiger partial charge in [-0.15, -0.1) is 0 Å². The summed E-state index contributed by atoms with van der Waals surface area (Å²) in [4.78, 5) is 17.3. The van der Waals surface area contributed by atoms with Gasteiger partial charge in [-0.1, -0.05) is 12.1 Å². The Labute approximate surface area is 153 Å². The zero-order chi connectivity index (χ0) is 19.1. The van der Waals surface area contributed by atoms with Crippen LogP contribution in [0.4, 0.5) is 0 Å². The van der Waals surface area contributed by atoms with Crippen LogP contribution in [0.1, 0.15) is 5.82 Å². The lowest BCUT2D eigenvalue weighted by atomic mass is 10.1. The van der Waals surface area contributed by atoms with E-state index in [0.29, 0.717) is 22.6 Å². The second kappa shape index (κ2) is 6.89. The standard InChI is InChI=1S/C17H20N5O5/c1-9-19-11-5-3-2-4-10(11)16(26)21(9)6-13-20-18-8-22(13)17-15(25)14(24)12(7-23)27-17/h2-5,12,14-15,17,23-25H,6-8H2,1H3/q+1/t12-,14-,15-,17?/m1/s1. The van der Waals surface area contributed by atoms with Crippen molar-refractivity contribution in [1.82, 2.24) is 9.55 Å². The highest BCUT2D eigenvalue weighted by Gasteiger charge is 2.48. The van der Waals surface area contributed by atoms with E-state index in [1.807, 2.05) is 6.07 Å². The Morgan fingerprint density at radius 1 is 1.30 bits per heavy atom. The van der Waals surface area contributed by atoms with Crippen LogP contribution in [0.3, 0.4) is 0 Å². The lowest BCUT2D eigenvalue weighted by Crippen LogP contribution is -2.41. The molecule has 0 saturated carbocycles. The molecule has 1 fully saturated rings. The molecule has 1 aromatic carbocycles. The summed E-state index contributed by atoms with van der Waals surface area (Å²) in [5.41, 5.74) is 0.420. The lowest BCUT2D eigenvalue weighted by molar-refractivity contribution is -0.614. The number of aliphatic hydroxyl groups excluding tert-OH is 3. The summed E-state index contributed by atoms with van der Waals surface area (Å²) in [6.45, 7) is 1.53. The molecule has 0 spiro atoms. The second-order valence-corrected chi connectivity index (χ2v) is 6.57. The molecule has 4 rings (SSSR count). The highest BCUT2D eigenvalue weighted by Crippen LogP contribution is 2.23. The first kappa shape index (κ1) is 17.9. The fourth-order valence-electron chi connectivity index (χ4n) is 3.41. The van der Waals surface area contributed by atoms with Gasteiger partial charge in [-0.2, -0.15) is 0 Å². The molecule has 2 aliphatic rings. The molecule has 0 aliphatic carbocycles. The van der Waals surface area contributed by atoms with Crippen LogP contribution >= 0.6 is 0 Å². The molecule has 0 radical (unpaired) electrons. The van der Waals surface area contributed by atoms with Gasteiger partial charge < -0.3 is 20.1 Å². The van der Waals surface area contributed by atoms with Crippen LogP contribution in [0, 0.1) is 6.92 Å². The highest BCUT2D eigenvalue weighted by atomic mass is 16.6. The molecule has 27 heavy (non-hydrogen) atoms. The first-order valence-corrected chi connectivity index (χ1v) is 8.60. The van der Waals surface area contributed by atoms with Gasteiger partial charge in [0.1, 0.15) is 30.7 Å². The van der Waals surface area contributed by atoms with E-state index >= 15 is 0 Å². The molecule has 3 heterocycles. The van der Waals surface area contributed by atoms with Crippen LogP contribution in [0.15, 0.2) is 39.3 Å². The van der Waals surface area contributed by atoms with Crippen LogP contribution in [0.25, 0.3) is 10.9 Å². The summed E-state index contributed by atoms with van der Waals surface area (Å²) in [6, 6.07) is 7.09. The molecule has 10 heteroatoms. The van der Waals surface area contributed by atoms with Crippen molar-refractivity contribution in [3.63, 3.8) is 0 Å². The predicted molar refractivity (Wildman–Crippen MR) is 93.5 cm³/mol. The molecule has 1 unspecified atom stereocenters. The van der Waals surface area contributed by atoms with Gasteiger partial charge in [-0.05, 0) is 24.2 Å². The number of amidine groups is 1. The molecule has 0 bridgehead atoms. The Bertz CT molecular complexity index is 1000. The average Bonchev–Trinajstić information content (AvgIpc) is 3.23.